The third-order valence-corrected chi connectivity index (χ3v) is 8.99. The van der Waals surface area contributed by atoms with Gasteiger partial charge in [-0.05, 0) is 45.0 Å². The van der Waals surface area contributed by atoms with E-state index in [2.05, 4.69) is 49.5 Å². The summed E-state index contributed by atoms with van der Waals surface area (Å²) in [6.45, 7) is 5.82. The van der Waals surface area contributed by atoms with E-state index in [9.17, 15) is 13.2 Å². The predicted molar refractivity (Wildman–Crippen MR) is 160 cm³/mol. The molecule has 0 bridgehead atoms. The van der Waals surface area contributed by atoms with E-state index in [-0.39, 0.29) is 21.7 Å². The summed E-state index contributed by atoms with van der Waals surface area (Å²) in [5.74, 6) is -0.125. The van der Waals surface area contributed by atoms with Crippen LogP contribution in [0.15, 0.2) is 82.8 Å². The largest absolute Gasteiger partial charge is 0.332 e. The summed E-state index contributed by atoms with van der Waals surface area (Å²) < 4.78 is 27.6. The number of aromatic nitrogens is 4. The summed E-state index contributed by atoms with van der Waals surface area (Å²) in [4.78, 5) is 20.9. The van der Waals surface area contributed by atoms with Gasteiger partial charge < -0.3 is 10.3 Å². The Morgan fingerprint density at radius 1 is 0.875 bits per heavy atom. The number of rotatable bonds is 9. The van der Waals surface area contributed by atoms with Crippen LogP contribution in [0.1, 0.15) is 16.1 Å². The molecular weight excluding hydrogens is 565 g/mol. The van der Waals surface area contributed by atoms with Crippen molar-refractivity contribution in [3.8, 4) is 22.5 Å². The Morgan fingerprint density at radius 3 is 2.10 bits per heavy atom. The van der Waals surface area contributed by atoms with E-state index in [0.29, 0.717) is 15.9 Å². The van der Waals surface area contributed by atoms with Crippen molar-refractivity contribution in [3.05, 3.63) is 88.9 Å². The fraction of sp³-hybridized carbons (Fsp3) is 0.143. The molecule has 0 atom stereocenters. The van der Waals surface area contributed by atoms with E-state index in [1.54, 1.807) is 19.1 Å². The SMILES string of the molecule is Cc1ccc(-c2nc(SCC(=O)Nc3ccc(S(=O)(=O)Nc4nnc(C)s4)cc3)[nH]c2-c2ccc(C)cc2)cc1. The van der Waals surface area contributed by atoms with Gasteiger partial charge in [-0.25, -0.2) is 13.4 Å². The molecule has 2 aromatic heterocycles. The first-order valence-corrected chi connectivity index (χ1v) is 15.5. The van der Waals surface area contributed by atoms with Gasteiger partial charge in [0.15, 0.2) is 5.16 Å². The van der Waals surface area contributed by atoms with Crippen molar-refractivity contribution >= 4 is 49.8 Å². The number of hydrogen-bond acceptors (Lipinski definition) is 8. The highest BCUT2D eigenvalue weighted by atomic mass is 32.2. The highest BCUT2D eigenvalue weighted by Crippen LogP contribution is 2.33. The first kappa shape index (κ1) is 27.6. The van der Waals surface area contributed by atoms with Crippen molar-refractivity contribution in [2.45, 2.75) is 30.8 Å². The second-order valence-electron chi connectivity index (χ2n) is 9.09. The number of H-pyrrole nitrogens is 1. The molecule has 9 nitrogen and oxygen atoms in total. The number of benzene rings is 3. The third kappa shape index (κ3) is 6.58. The van der Waals surface area contributed by atoms with E-state index in [0.717, 1.165) is 39.4 Å². The molecule has 2 heterocycles. The molecular formula is C28H26N6O3S3. The molecule has 1 amide bonds. The molecule has 40 heavy (non-hydrogen) atoms. The normalized spacial score (nSPS) is 11.4. The van der Waals surface area contributed by atoms with Gasteiger partial charge in [-0.15, -0.1) is 10.2 Å². The quantitative estimate of drug-likeness (QED) is 0.178. The summed E-state index contributed by atoms with van der Waals surface area (Å²) in [5, 5.41) is 11.9. The lowest BCUT2D eigenvalue weighted by molar-refractivity contribution is -0.113. The minimum atomic E-state index is -3.82. The summed E-state index contributed by atoms with van der Waals surface area (Å²) in [7, 11) is -3.82. The van der Waals surface area contributed by atoms with Crippen LogP contribution in [0.3, 0.4) is 0 Å². The highest BCUT2D eigenvalue weighted by molar-refractivity contribution is 7.99. The maximum atomic E-state index is 12.7. The first-order valence-electron chi connectivity index (χ1n) is 12.3. The molecule has 0 aliphatic rings. The molecule has 5 rings (SSSR count). The number of amides is 1. The summed E-state index contributed by atoms with van der Waals surface area (Å²) in [6.07, 6.45) is 0. The molecule has 0 aliphatic carbocycles. The molecule has 0 fully saturated rings. The molecule has 0 radical (unpaired) electrons. The predicted octanol–water partition coefficient (Wildman–Crippen LogP) is 6.05. The maximum Gasteiger partial charge on any atom is 0.263 e. The van der Waals surface area contributed by atoms with Crippen LogP contribution in [-0.2, 0) is 14.8 Å². The Kier molecular flexibility index (Phi) is 8.01. The van der Waals surface area contributed by atoms with Crippen LogP contribution >= 0.6 is 23.1 Å². The number of nitrogens with one attached hydrogen (secondary N) is 3. The number of aryl methyl sites for hydroxylation is 3. The standard InChI is InChI=1S/C28H26N6O3S3/c1-17-4-8-20(9-5-17)25-26(21-10-6-18(2)7-11-21)31-27(30-25)38-16-24(35)29-22-12-14-23(15-13-22)40(36,37)34-28-33-32-19(3)39-28/h4-15H,16H2,1-3H3,(H,29,35)(H,30,31)(H,33,34). The van der Waals surface area contributed by atoms with Crippen LogP contribution in [0.25, 0.3) is 22.5 Å². The Hall–Kier alpha value is -4.00. The molecule has 0 spiro atoms. The summed E-state index contributed by atoms with van der Waals surface area (Å²) in [6, 6.07) is 22.3. The van der Waals surface area contributed by atoms with Crippen molar-refractivity contribution in [2.75, 3.05) is 15.8 Å². The molecule has 3 aromatic carbocycles. The van der Waals surface area contributed by atoms with E-state index in [1.807, 2.05) is 38.1 Å². The molecule has 204 valence electrons. The van der Waals surface area contributed by atoms with E-state index in [1.165, 1.54) is 29.5 Å². The number of aromatic amines is 1. The van der Waals surface area contributed by atoms with Crippen molar-refractivity contribution in [3.63, 3.8) is 0 Å². The van der Waals surface area contributed by atoms with Crippen LogP contribution in [0.5, 0.6) is 0 Å². The number of hydrogen-bond donors (Lipinski definition) is 3. The number of anilines is 2. The van der Waals surface area contributed by atoms with Gasteiger partial charge in [-0.2, -0.15) is 0 Å². The monoisotopic (exact) mass is 590 g/mol. The molecule has 0 saturated carbocycles. The van der Waals surface area contributed by atoms with Crippen LogP contribution < -0.4 is 10.0 Å². The molecule has 0 aliphatic heterocycles. The Morgan fingerprint density at radius 2 is 1.50 bits per heavy atom. The third-order valence-electron chi connectivity index (χ3n) is 5.88. The number of nitrogens with zero attached hydrogens (tertiary/aromatic N) is 3. The Balaban J connectivity index is 1.26. The number of imidazole rings is 1. The molecule has 0 saturated heterocycles. The zero-order chi connectivity index (χ0) is 28.3. The second-order valence-corrected chi connectivity index (χ2v) is 12.9. The van der Waals surface area contributed by atoms with E-state index >= 15 is 0 Å². The minimum absolute atomic E-state index is 0.0515. The highest BCUT2D eigenvalue weighted by Gasteiger charge is 2.18. The van der Waals surface area contributed by atoms with Crippen molar-refractivity contribution < 1.29 is 13.2 Å². The lowest BCUT2D eigenvalue weighted by Gasteiger charge is -2.07. The topological polar surface area (TPSA) is 130 Å². The fourth-order valence-electron chi connectivity index (χ4n) is 3.83. The summed E-state index contributed by atoms with van der Waals surface area (Å²) >= 11 is 2.44. The van der Waals surface area contributed by atoms with Gasteiger partial charge in [-0.1, -0.05) is 82.8 Å². The van der Waals surface area contributed by atoms with Gasteiger partial charge in [-0.3, -0.25) is 9.52 Å². The molecule has 3 N–H and O–H groups in total. The average molecular weight is 591 g/mol. The number of carbonyl (C=O) groups excluding carboxylic acids is 1. The van der Waals surface area contributed by atoms with E-state index < -0.39 is 10.0 Å². The van der Waals surface area contributed by atoms with Gasteiger partial charge in [0.25, 0.3) is 10.0 Å². The Bertz CT molecular complexity index is 1680. The molecule has 12 heteroatoms. The van der Waals surface area contributed by atoms with Gasteiger partial charge in [0, 0.05) is 16.8 Å². The van der Waals surface area contributed by atoms with Crippen LogP contribution in [0.4, 0.5) is 10.8 Å². The number of thioether (sulfide) groups is 1. The van der Waals surface area contributed by atoms with Crippen molar-refractivity contribution in [1.82, 2.24) is 20.2 Å². The Labute approximate surface area is 240 Å². The maximum absolute atomic E-state index is 12.7. The van der Waals surface area contributed by atoms with Crippen LogP contribution in [0, 0.1) is 20.8 Å². The first-order chi connectivity index (χ1) is 19.2. The second kappa shape index (κ2) is 11.6. The minimum Gasteiger partial charge on any atom is -0.332 e. The van der Waals surface area contributed by atoms with Crippen molar-refractivity contribution in [2.24, 2.45) is 0 Å². The zero-order valence-corrected chi connectivity index (χ0v) is 24.4. The van der Waals surface area contributed by atoms with E-state index in [4.69, 9.17) is 4.98 Å². The van der Waals surface area contributed by atoms with Crippen LogP contribution in [-0.4, -0.2) is 40.2 Å². The number of carbonyl (C=O) groups is 1. The van der Waals surface area contributed by atoms with Gasteiger partial charge in [0.1, 0.15) is 5.01 Å². The van der Waals surface area contributed by atoms with Gasteiger partial charge in [0.2, 0.25) is 11.0 Å². The fourth-order valence-corrected chi connectivity index (χ4v) is 6.32. The zero-order valence-electron chi connectivity index (χ0n) is 21.9. The molecule has 0 unspecified atom stereocenters. The summed E-state index contributed by atoms with van der Waals surface area (Å²) in [5.41, 5.74) is 6.52. The van der Waals surface area contributed by atoms with Crippen molar-refractivity contribution in [1.29, 1.82) is 0 Å². The lowest BCUT2D eigenvalue weighted by atomic mass is 10.0. The lowest BCUT2D eigenvalue weighted by Crippen LogP contribution is -2.15. The van der Waals surface area contributed by atoms with Crippen LogP contribution in [0.2, 0.25) is 0 Å². The molecule has 5 aromatic rings. The van der Waals surface area contributed by atoms with Gasteiger partial charge in [0.05, 0.1) is 22.0 Å². The van der Waals surface area contributed by atoms with Gasteiger partial charge >= 0.3 is 0 Å². The number of sulfonamides is 1. The average Bonchev–Trinajstić information content (AvgIpc) is 3.54. The smallest absolute Gasteiger partial charge is 0.263 e.